The second-order valence-corrected chi connectivity index (χ2v) is 8.46. The minimum absolute atomic E-state index is 0.00688. The summed E-state index contributed by atoms with van der Waals surface area (Å²) in [6.45, 7) is 10.8. The predicted octanol–water partition coefficient (Wildman–Crippen LogP) is 2.36. The summed E-state index contributed by atoms with van der Waals surface area (Å²) in [5.41, 5.74) is 5.55. The van der Waals surface area contributed by atoms with Gasteiger partial charge in [-0.05, 0) is 52.4 Å². The minimum Gasteiger partial charge on any atom is -0.444 e. The molecular weight excluding hydrogens is 306 g/mol. The summed E-state index contributed by atoms with van der Waals surface area (Å²) in [5.74, 6) is 0.122. The molecule has 1 aliphatic carbocycles. The lowest BCUT2D eigenvalue weighted by atomic mass is 10.0. The molecule has 6 heteroatoms. The molecule has 2 fully saturated rings. The molecular formula is C18H33N3O3. The van der Waals surface area contributed by atoms with Crippen LogP contribution in [-0.4, -0.2) is 58.6 Å². The van der Waals surface area contributed by atoms with Gasteiger partial charge in [-0.15, -0.1) is 0 Å². The number of ether oxygens (including phenoxy) is 1. The van der Waals surface area contributed by atoms with Gasteiger partial charge < -0.3 is 20.3 Å². The molecule has 2 amide bonds. The highest BCUT2D eigenvalue weighted by molar-refractivity contribution is 5.82. The number of amides is 2. The van der Waals surface area contributed by atoms with E-state index in [0.717, 1.165) is 32.2 Å². The van der Waals surface area contributed by atoms with Crippen LogP contribution in [0.1, 0.15) is 60.3 Å². The van der Waals surface area contributed by atoms with Crippen LogP contribution in [0.2, 0.25) is 0 Å². The Kier molecular flexibility index (Phi) is 5.78. The minimum atomic E-state index is -0.505. The van der Waals surface area contributed by atoms with E-state index < -0.39 is 11.6 Å². The van der Waals surface area contributed by atoms with E-state index >= 15 is 0 Å². The van der Waals surface area contributed by atoms with Crippen LogP contribution in [0, 0.1) is 5.92 Å². The summed E-state index contributed by atoms with van der Waals surface area (Å²) in [4.78, 5) is 28.9. The van der Waals surface area contributed by atoms with E-state index in [2.05, 4.69) is 0 Å². The van der Waals surface area contributed by atoms with Crippen molar-refractivity contribution in [3.05, 3.63) is 0 Å². The first-order valence-electron chi connectivity index (χ1n) is 9.16. The van der Waals surface area contributed by atoms with Gasteiger partial charge in [0.05, 0.1) is 6.04 Å². The summed E-state index contributed by atoms with van der Waals surface area (Å²) in [7, 11) is 0. The Morgan fingerprint density at radius 3 is 2.38 bits per heavy atom. The Balaban J connectivity index is 2.03. The number of nitrogens with zero attached hydrogens (tertiary/aromatic N) is 2. The Morgan fingerprint density at radius 1 is 1.25 bits per heavy atom. The monoisotopic (exact) mass is 339 g/mol. The normalized spacial score (nSPS) is 22.6. The molecule has 2 aliphatic rings. The molecule has 2 rings (SSSR count). The standard InChI is InChI=1S/C18H33N3O3/c1-12(2)15(19)16(22)20-10-6-7-14(20)11-21(13-8-9-13)17(23)24-18(3,4)5/h12-15H,6-11,19H2,1-5H3. The van der Waals surface area contributed by atoms with E-state index in [1.807, 2.05) is 44.4 Å². The zero-order valence-corrected chi connectivity index (χ0v) is 15.7. The topological polar surface area (TPSA) is 75.9 Å². The number of carbonyl (C=O) groups excluding carboxylic acids is 2. The van der Waals surface area contributed by atoms with Crippen molar-refractivity contribution in [1.29, 1.82) is 0 Å². The lowest BCUT2D eigenvalue weighted by molar-refractivity contribution is -0.134. The first-order chi connectivity index (χ1) is 11.1. The average Bonchev–Trinajstić information content (AvgIpc) is 3.19. The smallest absolute Gasteiger partial charge is 0.410 e. The molecule has 24 heavy (non-hydrogen) atoms. The summed E-state index contributed by atoms with van der Waals surface area (Å²) in [6.07, 6.45) is 3.66. The second-order valence-electron chi connectivity index (χ2n) is 8.46. The third kappa shape index (κ3) is 4.85. The van der Waals surface area contributed by atoms with E-state index in [1.54, 1.807) is 0 Å². The Bertz CT molecular complexity index is 469. The van der Waals surface area contributed by atoms with Gasteiger partial charge in [-0.2, -0.15) is 0 Å². The van der Waals surface area contributed by atoms with Crippen molar-refractivity contribution in [1.82, 2.24) is 9.80 Å². The lowest BCUT2D eigenvalue weighted by Gasteiger charge is -2.34. The second kappa shape index (κ2) is 7.30. The molecule has 6 nitrogen and oxygen atoms in total. The fourth-order valence-electron chi connectivity index (χ4n) is 3.10. The van der Waals surface area contributed by atoms with Crippen molar-refractivity contribution >= 4 is 12.0 Å². The van der Waals surface area contributed by atoms with Gasteiger partial charge in [-0.25, -0.2) is 4.79 Å². The number of likely N-dealkylation sites (tertiary alicyclic amines) is 1. The molecule has 2 unspecified atom stereocenters. The molecule has 0 spiro atoms. The maximum Gasteiger partial charge on any atom is 0.410 e. The van der Waals surface area contributed by atoms with Gasteiger partial charge in [-0.3, -0.25) is 4.79 Å². The molecule has 0 aromatic heterocycles. The molecule has 1 saturated heterocycles. The average molecular weight is 339 g/mol. The van der Waals surface area contributed by atoms with Crippen LogP contribution in [0.4, 0.5) is 4.79 Å². The molecule has 1 heterocycles. The maximum atomic E-state index is 12.6. The van der Waals surface area contributed by atoms with Gasteiger partial charge in [-0.1, -0.05) is 13.8 Å². The zero-order valence-electron chi connectivity index (χ0n) is 15.7. The van der Waals surface area contributed by atoms with Crippen LogP contribution in [0.5, 0.6) is 0 Å². The Morgan fingerprint density at radius 2 is 1.88 bits per heavy atom. The fraction of sp³-hybridized carbons (Fsp3) is 0.889. The number of carbonyl (C=O) groups is 2. The van der Waals surface area contributed by atoms with E-state index in [4.69, 9.17) is 10.5 Å². The first kappa shape index (κ1) is 19.0. The van der Waals surface area contributed by atoms with Crippen molar-refractivity contribution in [3.63, 3.8) is 0 Å². The molecule has 138 valence electrons. The molecule has 0 bridgehead atoms. The fourth-order valence-corrected chi connectivity index (χ4v) is 3.10. The van der Waals surface area contributed by atoms with Crippen LogP contribution < -0.4 is 5.73 Å². The molecule has 2 N–H and O–H groups in total. The number of rotatable bonds is 5. The van der Waals surface area contributed by atoms with Gasteiger partial charge >= 0.3 is 6.09 Å². The summed E-state index contributed by atoms with van der Waals surface area (Å²) in [5, 5.41) is 0. The van der Waals surface area contributed by atoms with E-state index in [1.165, 1.54) is 0 Å². The van der Waals surface area contributed by atoms with E-state index in [9.17, 15) is 9.59 Å². The SMILES string of the molecule is CC(C)C(N)C(=O)N1CCCC1CN(C(=O)OC(C)(C)C)C1CC1. The largest absolute Gasteiger partial charge is 0.444 e. The van der Waals surface area contributed by atoms with Crippen molar-refractivity contribution in [2.24, 2.45) is 11.7 Å². The number of nitrogens with two attached hydrogens (primary N) is 1. The van der Waals surface area contributed by atoms with Crippen LogP contribution in [0.15, 0.2) is 0 Å². The van der Waals surface area contributed by atoms with Gasteiger partial charge in [0.15, 0.2) is 0 Å². The molecule has 0 radical (unpaired) electrons. The zero-order chi connectivity index (χ0) is 18.1. The molecule has 2 atom stereocenters. The Labute approximate surface area is 145 Å². The predicted molar refractivity (Wildman–Crippen MR) is 93.5 cm³/mol. The van der Waals surface area contributed by atoms with Crippen LogP contribution in [0.3, 0.4) is 0 Å². The van der Waals surface area contributed by atoms with Gasteiger partial charge in [0.25, 0.3) is 0 Å². The first-order valence-corrected chi connectivity index (χ1v) is 9.16. The van der Waals surface area contributed by atoms with Crippen LogP contribution >= 0.6 is 0 Å². The van der Waals surface area contributed by atoms with E-state index in [-0.39, 0.29) is 30.0 Å². The summed E-state index contributed by atoms with van der Waals surface area (Å²) >= 11 is 0. The highest BCUT2D eigenvalue weighted by Crippen LogP contribution is 2.31. The van der Waals surface area contributed by atoms with Crippen LogP contribution in [0.25, 0.3) is 0 Å². The van der Waals surface area contributed by atoms with Gasteiger partial charge in [0.1, 0.15) is 5.60 Å². The lowest BCUT2D eigenvalue weighted by Crippen LogP contribution is -2.52. The van der Waals surface area contributed by atoms with Crippen molar-refractivity contribution in [2.45, 2.75) is 84.0 Å². The van der Waals surface area contributed by atoms with Crippen molar-refractivity contribution < 1.29 is 14.3 Å². The maximum absolute atomic E-state index is 12.6. The molecule has 1 aliphatic heterocycles. The molecule has 1 saturated carbocycles. The number of hydrogen-bond acceptors (Lipinski definition) is 4. The summed E-state index contributed by atoms with van der Waals surface area (Å²) in [6, 6.07) is -0.159. The summed E-state index contributed by atoms with van der Waals surface area (Å²) < 4.78 is 5.55. The third-order valence-electron chi connectivity index (χ3n) is 4.69. The van der Waals surface area contributed by atoms with Gasteiger partial charge in [0.2, 0.25) is 5.91 Å². The van der Waals surface area contributed by atoms with Crippen LogP contribution in [-0.2, 0) is 9.53 Å². The highest BCUT2D eigenvalue weighted by Gasteiger charge is 2.40. The van der Waals surface area contributed by atoms with Gasteiger partial charge in [0, 0.05) is 25.2 Å². The quantitative estimate of drug-likeness (QED) is 0.834. The highest BCUT2D eigenvalue weighted by atomic mass is 16.6. The molecule has 0 aromatic carbocycles. The van der Waals surface area contributed by atoms with Crippen molar-refractivity contribution in [2.75, 3.05) is 13.1 Å². The van der Waals surface area contributed by atoms with Crippen molar-refractivity contribution in [3.8, 4) is 0 Å². The number of hydrogen-bond donors (Lipinski definition) is 1. The molecule has 0 aromatic rings. The Hall–Kier alpha value is -1.30. The third-order valence-corrected chi connectivity index (χ3v) is 4.69. The van der Waals surface area contributed by atoms with E-state index in [0.29, 0.717) is 6.54 Å².